The van der Waals surface area contributed by atoms with Crippen LogP contribution in [0.5, 0.6) is 0 Å². The Bertz CT molecular complexity index is 822. The average Bonchev–Trinajstić information content (AvgIpc) is 2.78. The number of aryl methyl sites for hydroxylation is 2. The van der Waals surface area contributed by atoms with Crippen molar-refractivity contribution in [3.8, 4) is 0 Å². The molecule has 34 heavy (non-hydrogen) atoms. The number of rotatable bonds is 15. The van der Waals surface area contributed by atoms with Crippen molar-refractivity contribution in [2.45, 2.75) is 70.6 Å². The van der Waals surface area contributed by atoms with E-state index in [1.807, 2.05) is 36.4 Å². The number of hydrogen-bond acceptors (Lipinski definition) is 3. The van der Waals surface area contributed by atoms with E-state index in [1.54, 1.807) is 0 Å². The minimum Gasteiger partial charge on any atom is -0.370 e. The lowest BCUT2D eigenvalue weighted by Crippen LogP contribution is -2.21. The molecule has 0 aliphatic rings. The van der Waals surface area contributed by atoms with Gasteiger partial charge < -0.3 is 22.5 Å². The van der Waals surface area contributed by atoms with E-state index in [4.69, 9.17) is 17.2 Å². The van der Waals surface area contributed by atoms with E-state index in [2.05, 4.69) is 22.4 Å². The second-order valence-corrected chi connectivity index (χ2v) is 8.32. The van der Waals surface area contributed by atoms with Crippen LogP contribution in [0.4, 0.5) is 11.4 Å². The number of carbonyl (C=O) groups is 1. The van der Waals surface area contributed by atoms with Gasteiger partial charge in [-0.25, -0.2) is 4.99 Å². The summed E-state index contributed by atoms with van der Waals surface area (Å²) in [5, 5.41) is 3.01. The predicted molar refractivity (Wildman–Crippen MR) is 149 cm³/mol. The van der Waals surface area contributed by atoms with Gasteiger partial charge in [0.2, 0.25) is 5.91 Å². The SMILES string of the molecule is Cl.Cl.NCCCCCCCCCCC(=O)Nc1ccc(CCc2ccc(N=C(N)N)cc2)cc1. The Labute approximate surface area is 217 Å². The third kappa shape index (κ3) is 14.1. The standard InChI is InChI=1S/C26H39N5O.2ClH/c27-20-8-6-4-2-1-3-5-7-9-25(32)30-23-16-12-21(13-17-23)10-11-22-14-18-24(19-15-22)31-26(28)29;;/h12-19H,1-11,20,27H2,(H,30,32)(H4,28,29,31);2*1H. The summed E-state index contributed by atoms with van der Waals surface area (Å²) in [5.74, 6) is 0.163. The number of anilines is 1. The molecule has 0 spiro atoms. The number of nitrogens with two attached hydrogens (primary N) is 3. The molecule has 6 nitrogen and oxygen atoms in total. The summed E-state index contributed by atoms with van der Waals surface area (Å²) >= 11 is 0. The monoisotopic (exact) mass is 509 g/mol. The molecule has 0 fully saturated rings. The fraction of sp³-hybridized carbons (Fsp3) is 0.462. The van der Waals surface area contributed by atoms with E-state index in [0.29, 0.717) is 6.42 Å². The van der Waals surface area contributed by atoms with Crippen LogP contribution in [0, 0.1) is 0 Å². The highest BCUT2D eigenvalue weighted by Gasteiger charge is 2.03. The number of benzene rings is 2. The van der Waals surface area contributed by atoms with Crippen molar-refractivity contribution in [3.63, 3.8) is 0 Å². The fourth-order valence-corrected chi connectivity index (χ4v) is 3.64. The summed E-state index contributed by atoms with van der Waals surface area (Å²) in [6.07, 6.45) is 11.9. The number of unbranched alkanes of at least 4 members (excludes halogenated alkanes) is 7. The fourth-order valence-electron chi connectivity index (χ4n) is 3.64. The second kappa shape index (κ2) is 19.1. The van der Waals surface area contributed by atoms with Gasteiger partial charge in [-0.2, -0.15) is 0 Å². The summed E-state index contributed by atoms with van der Waals surface area (Å²) in [7, 11) is 0. The molecule has 0 aromatic heterocycles. The van der Waals surface area contributed by atoms with Crippen molar-refractivity contribution in [2.75, 3.05) is 11.9 Å². The van der Waals surface area contributed by atoms with Gasteiger partial charge in [0.25, 0.3) is 0 Å². The molecule has 8 heteroatoms. The Morgan fingerprint density at radius 1 is 0.706 bits per heavy atom. The molecular weight excluding hydrogens is 469 g/mol. The molecule has 0 aliphatic heterocycles. The molecule has 0 bridgehead atoms. The normalized spacial score (nSPS) is 10.0. The first kappa shape index (κ1) is 31.7. The maximum absolute atomic E-state index is 12.2. The Balaban J connectivity index is 0.00000544. The van der Waals surface area contributed by atoms with Gasteiger partial charge in [0, 0.05) is 12.1 Å². The maximum Gasteiger partial charge on any atom is 0.224 e. The van der Waals surface area contributed by atoms with E-state index in [0.717, 1.165) is 50.0 Å². The van der Waals surface area contributed by atoms with Crippen LogP contribution in [-0.2, 0) is 17.6 Å². The lowest BCUT2D eigenvalue weighted by molar-refractivity contribution is -0.116. The molecule has 1 amide bonds. The first-order valence-corrected chi connectivity index (χ1v) is 11.8. The first-order valence-electron chi connectivity index (χ1n) is 11.8. The molecule has 0 radical (unpaired) electrons. The predicted octanol–water partition coefficient (Wildman–Crippen LogP) is 5.63. The molecule has 0 saturated heterocycles. The Morgan fingerprint density at radius 2 is 1.18 bits per heavy atom. The van der Waals surface area contributed by atoms with Gasteiger partial charge in [-0.05, 0) is 67.6 Å². The third-order valence-corrected chi connectivity index (χ3v) is 5.49. The zero-order valence-corrected chi connectivity index (χ0v) is 21.6. The lowest BCUT2D eigenvalue weighted by atomic mass is 10.0. The van der Waals surface area contributed by atoms with E-state index in [1.165, 1.54) is 43.2 Å². The average molecular weight is 511 g/mol. The molecule has 0 heterocycles. The van der Waals surface area contributed by atoms with Crippen molar-refractivity contribution < 1.29 is 4.79 Å². The van der Waals surface area contributed by atoms with Crippen molar-refractivity contribution in [3.05, 3.63) is 59.7 Å². The van der Waals surface area contributed by atoms with E-state index >= 15 is 0 Å². The van der Waals surface area contributed by atoms with Crippen molar-refractivity contribution in [2.24, 2.45) is 22.2 Å². The summed E-state index contributed by atoms with van der Waals surface area (Å²) < 4.78 is 0. The molecule has 190 valence electrons. The topological polar surface area (TPSA) is 120 Å². The minimum atomic E-state index is 0. The summed E-state index contributed by atoms with van der Waals surface area (Å²) in [5.41, 5.74) is 20.4. The summed E-state index contributed by atoms with van der Waals surface area (Å²) in [4.78, 5) is 16.2. The number of hydrogen-bond donors (Lipinski definition) is 4. The quantitative estimate of drug-likeness (QED) is 0.141. The van der Waals surface area contributed by atoms with Crippen LogP contribution in [0.15, 0.2) is 53.5 Å². The first-order chi connectivity index (χ1) is 15.6. The number of aliphatic imine (C=N–C) groups is 1. The van der Waals surface area contributed by atoms with Crippen molar-refractivity contribution in [1.82, 2.24) is 0 Å². The van der Waals surface area contributed by atoms with Gasteiger partial charge in [-0.15, -0.1) is 24.8 Å². The number of nitrogens with one attached hydrogen (secondary N) is 1. The van der Waals surface area contributed by atoms with Gasteiger partial charge in [0.05, 0.1) is 5.69 Å². The third-order valence-electron chi connectivity index (χ3n) is 5.49. The number of guanidine groups is 1. The number of carbonyl (C=O) groups excluding carboxylic acids is 1. The van der Waals surface area contributed by atoms with Gasteiger partial charge in [-0.1, -0.05) is 62.8 Å². The van der Waals surface area contributed by atoms with E-state index < -0.39 is 0 Å². The zero-order valence-electron chi connectivity index (χ0n) is 20.0. The molecule has 2 rings (SSSR count). The van der Waals surface area contributed by atoms with E-state index in [-0.39, 0.29) is 36.7 Å². The Morgan fingerprint density at radius 3 is 1.68 bits per heavy atom. The van der Waals surface area contributed by atoms with Gasteiger partial charge in [0.1, 0.15) is 0 Å². The Kier molecular flexibility index (Phi) is 17.8. The van der Waals surface area contributed by atoms with Crippen LogP contribution in [0.25, 0.3) is 0 Å². The highest BCUT2D eigenvalue weighted by molar-refractivity contribution is 5.90. The van der Waals surface area contributed by atoms with E-state index in [9.17, 15) is 4.79 Å². The van der Waals surface area contributed by atoms with Crippen LogP contribution in [0.2, 0.25) is 0 Å². The largest absolute Gasteiger partial charge is 0.370 e. The molecule has 0 atom stereocenters. The second-order valence-electron chi connectivity index (χ2n) is 8.32. The number of halogens is 2. The summed E-state index contributed by atoms with van der Waals surface area (Å²) in [6, 6.07) is 16.0. The Hall–Kier alpha value is -2.28. The van der Waals surface area contributed by atoms with Crippen molar-refractivity contribution in [1.29, 1.82) is 0 Å². The molecule has 0 aliphatic carbocycles. The van der Waals surface area contributed by atoms with Crippen LogP contribution in [0.3, 0.4) is 0 Å². The molecule has 7 N–H and O–H groups in total. The molecule has 2 aromatic carbocycles. The van der Waals surface area contributed by atoms with Crippen LogP contribution in [-0.4, -0.2) is 18.4 Å². The van der Waals surface area contributed by atoms with Gasteiger partial charge in [-0.3, -0.25) is 4.79 Å². The number of amides is 1. The van der Waals surface area contributed by atoms with Gasteiger partial charge in [0.15, 0.2) is 5.96 Å². The maximum atomic E-state index is 12.2. The molecule has 0 saturated carbocycles. The molecule has 0 unspecified atom stereocenters. The minimum absolute atomic E-state index is 0. The smallest absolute Gasteiger partial charge is 0.224 e. The van der Waals surface area contributed by atoms with Crippen LogP contribution in [0.1, 0.15) is 68.9 Å². The summed E-state index contributed by atoms with van der Waals surface area (Å²) in [6.45, 7) is 0.801. The molecule has 2 aromatic rings. The highest BCUT2D eigenvalue weighted by atomic mass is 35.5. The highest BCUT2D eigenvalue weighted by Crippen LogP contribution is 2.16. The van der Waals surface area contributed by atoms with Crippen LogP contribution < -0.4 is 22.5 Å². The van der Waals surface area contributed by atoms with Gasteiger partial charge >= 0.3 is 0 Å². The zero-order chi connectivity index (χ0) is 23.0. The van der Waals surface area contributed by atoms with Crippen LogP contribution >= 0.6 is 24.8 Å². The lowest BCUT2D eigenvalue weighted by Gasteiger charge is -2.07. The van der Waals surface area contributed by atoms with Crippen molar-refractivity contribution >= 4 is 48.1 Å². The number of nitrogens with zero attached hydrogens (tertiary/aromatic N) is 1. The molecular formula is C26H41Cl2N5O.